The summed E-state index contributed by atoms with van der Waals surface area (Å²) in [4.78, 5) is 0. The third kappa shape index (κ3) is 5.41. The largest absolute Gasteiger partial charge is 0.384 e. The number of fused-ring (bicyclic) bond motifs is 1. The minimum absolute atomic E-state index is 0.277. The molecule has 0 saturated heterocycles. The Hall–Kier alpha value is -3.92. The van der Waals surface area contributed by atoms with Gasteiger partial charge in [-0.2, -0.15) is 0 Å². The highest BCUT2D eigenvalue weighted by Gasteiger charge is 2.01. The van der Waals surface area contributed by atoms with Crippen molar-refractivity contribution in [2.45, 2.75) is 6.42 Å². The van der Waals surface area contributed by atoms with E-state index < -0.39 is 5.82 Å². The molecule has 0 fully saturated rings. The van der Waals surface area contributed by atoms with Gasteiger partial charge in [-0.25, -0.2) is 8.78 Å². The highest BCUT2D eigenvalue weighted by Crippen LogP contribution is 2.17. The van der Waals surface area contributed by atoms with E-state index in [0.717, 1.165) is 28.3 Å². The summed E-state index contributed by atoms with van der Waals surface area (Å²) in [5.74, 6) is 11.2. The lowest BCUT2D eigenvalue weighted by molar-refractivity contribution is 0.202. The van der Waals surface area contributed by atoms with Crippen LogP contribution in [0.4, 0.5) is 8.78 Å². The van der Waals surface area contributed by atoms with Crippen molar-refractivity contribution in [3.8, 4) is 23.7 Å². The normalized spacial score (nSPS) is 10.2. The molecular formula is C29H20F2O. The predicted octanol–water partition coefficient (Wildman–Crippen LogP) is 6.11. The molecule has 4 aromatic carbocycles. The van der Waals surface area contributed by atoms with Crippen LogP contribution < -0.4 is 0 Å². The zero-order valence-electron chi connectivity index (χ0n) is 17.6. The molecule has 0 heterocycles. The first-order valence-electron chi connectivity index (χ1n) is 10.2. The van der Waals surface area contributed by atoms with Gasteiger partial charge < -0.3 is 4.74 Å². The van der Waals surface area contributed by atoms with Gasteiger partial charge in [0.1, 0.15) is 11.6 Å². The minimum atomic E-state index is -0.415. The van der Waals surface area contributed by atoms with Gasteiger partial charge in [0.15, 0.2) is 0 Å². The van der Waals surface area contributed by atoms with E-state index in [1.165, 1.54) is 23.8 Å². The molecule has 4 rings (SSSR count). The zero-order valence-corrected chi connectivity index (χ0v) is 17.6. The fourth-order valence-corrected chi connectivity index (χ4v) is 3.25. The number of rotatable bonds is 3. The van der Waals surface area contributed by atoms with E-state index in [1.54, 1.807) is 31.4 Å². The van der Waals surface area contributed by atoms with Gasteiger partial charge in [-0.05, 0) is 77.4 Å². The molecule has 0 N–H and O–H groups in total. The van der Waals surface area contributed by atoms with Crippen molar-refractivity contribution in [1.29, 1.82) is 0 Å². The highest BCUT2D eigenvalue weighted by atomic mass is 19.1. The summed E-state index contributed by atoms with van der Waals surface area (Å²) in [6, 6.07) is 22.8. The van der Waals surface area contributed by atoms with E-state index in [4.69, 9.17) is 4.74 Å². The molecule has 32 heavy (non-hydrogen) atoms. The maximum Gasteiger partial charge on any atom is 0.140 e. The topological polar surface area (TPSA) is 9.23 Å². The van der Waals surface area contributed by atoms with Crippen molar-refractivity contribution < 1.29 is 13.5 Å². The van der Waals surface area contributed by atoms with Crippen LogP contribution in [0.15, 0.2) is 78.9 Å². The monoisotopic (exact) mass is 422 g/mol. The van der Waals surface area contributed by atoms with Crippen LogP contribution in [0.5, 0.6) is 0 Å². The Kier molecular flexibility index (Phi) is 6.61. The molecule has 0 amide bonds. The second-order valence-corrected chi connectivity index (χ2v) is 7.34. The number of halogens is 2. The Balaban J connectivity index is 1.49. The summed E-state index contributed by atoms with van der Waals surface area (Å²) < 4.78 is 32.9. The lowest BCUT2D eigenvalue weighted by atomic mass is 10.1. The average Bonchev–Trinajstić information content (AvgIpc) is 2.81. The van der Waals surface area contributed by atoms with E-state index in [-0.39, 0.29) is 5.82 Å². The van der Waals surface area contributed by atoms with Gasteiger partial charge >= 0.3 is 0 Å². The minimum Gasteiger partial charge on any atom is -0.384 e. The van der Waals surface area contributed by atoms with Gasteiger partial charge in [0.05, 0.1) is 12.2 Å². The summed E-state index contributed by atoms with van der Waals surface area (Å²) >= 11 is 0. The quantitative estimate of drug-likeness (QED) is 0.362. The Labute approximate surface area is 186 Å². The molecule has 0 spiro atoms. The Morgan fingerprint density at radius 1 is 0.656 bits per heavy atom. The third-order valence-corrected chi connectivity index (χ3v) is 5.01. The van der Waals surface area contributed by atoms with Gasteiger partial charge in [-0.1, -0.05) is 47.9 Å². The van der Waals surface area contributed by atoms with Crippen LogP contribution in [-0.2, 0) is 11.2 Å². The number of benzene rings is 4. The van der Waals surface area contributed by atoms with Crippen LogP contribution in [0.3, 0.4) is 0 Å². The summed E-state index contributed by atoms with van der Waals surface area (Å²) in [7, 11) is 1.68. The fraction of sp³-hybridized carbons (Fsp3) is 0.103. The second kappa shape index (κ2) is 9.92. The zero-order chi connectivity index (χ0) is 22.3. The number of ether oxygens (including phenoxy) is 1. The Morgan fingerprint density at radius 3 is 2.06 bits per heavy atom. The van der Waals surface area contributed by atoms with Crippen molar-refractivity contribution in [2.75, 3.05) is 13.7 Å². The van der Waals surface area contributed by atoms with Gasteiger partial charge in [0, 0.05) is 23.8 Å². The van der Waals surface area contributed by atoms with Gasteiger partial charge in [-0.3, -0.25) is 0 Å². The van der Waals surface area contributed by atoms with E-state index in [1.807, 2.05) is 36.4 Å². The number of hydrogen-bond donors (Lipinski definition) is 0. The summed E-state index contributed by atoms with van der Waals surface area (Å²) in [6.07, 6.45) is 0.857. The second-order valence-electron chi connectivity index (χ2n) is 7.34. The molecule has 156 valence electrons. The fourth-order valence-electron chi connectivity index (χ4n) is 3.25. The molecule has 1 nitrogen and oxygen atoms in total. The molecule has 0 saturated carbocycles. The van der Waals surface area contributed by atoms with Crippen LogP contribution in [0.2, 0.25) is 0 Å². The maximum absolute atomic E-state index is 14.5. The molecule has 0 aliphatic carbocycles. The molecule has 4 aromatic rings. The van der Waals surface area contributed by atoms with Crippen molar-refractivity contribution in [3.63, 3.8) is 0 Å². The van der Waals surface area contributed by atoms with E-state index in [9.17, 15) is 8.78 Å². The van der Waals surface area contributed by atoms with Crippen LogP contribution in [-0.4, -0.2) is 13.7 Å². The van der Waals surface area contributed by atoms with E-state index in [2.05, 4.69) is 23.7 Å². The number of hydrogen-bond acceptors (Lipinski definition) is 1. The first-order valence-corrected chi connectivity index (χ1v) is 10.2. The average molecular weight is 422 g/mol. The SMILES string of the molecule is COCCc1ccc(C#Cc2ccc(C#Cc3ccc4cc(F)ccc4c3)c(F)c2)cc1. The molecule has 0 unspecified atom stereocenters. The molecule has 0 bridgehead atoms. The number of methoxy groups -OCH3 is 1. The molecule has 0 atom stereocenters. The van der Waals surface area contributed by atoms with Gasteiger partial charge in [0.2, 0.25) is 0 Å². The molecular weight excluding hydrogens is 402 g/mol. The third-order valence-electron chi connectivity index (χ3n) is 5.01. The lowest BCUT2D eigenvalue weighted by Gasteiger charge is -2.00. The first kappa shape index (κ1) is 21.3. The molecule has 0 aliphatic rings. The van der Waals surface area contributed by atoms with Gasteiger partial charge in [-0.15, -0.1) is 0 Å². The van der Waals surface area contributed by atoms with Crippen LogP contribution >= 0.6 is 0 Å². The standard InChI is InChI=1S/C29H20F2O/c1-32-17-16-22-4-2-21(3-5-22)6-7-24-9-12-25(29(31)19-24)11-8-23-10-13-27-20-28(30)15-14-26(27)18-23/h2-5,9-10,12-15,18-20H,16-17H2,1H3. The summed E-state index contributed by atoms with van der Waals surface area (Å²) in [6.45, 7) is 0.681. The van der Waals surface area contributed by atoms with Crippen LogP contribution in [0.25, 0.3) is 10.8 Å². The van der Waals surface area contributed by atoms with Gasteiger partial charge in [0.25, 0.3) is 0 Å². The Bertz CT molecular complexity index is 1380. The maximum atomic E-state index is 14.5. The van der Waals surface area contributed by atoms with Crippen molar-refractivity contribution in [1.82, 2.24) is 0 Å². The van der Waals surface area contributed by atoms with Crippen molar-refractivity contribution in [3.05, 3.63) is 118 Å². The molecule has 0 aromatic heterocycles. The van der Waals surface area contributed by atoms with Crippen molar-refractivity contribution >= 4 is 10.8 Å². The molecule has 0 aliphatic heterocycles. The van der Waals surface area contributed by atoms with Crippen LogP contribution in [0, 0.1) is 35.3 Å². The lowest BCUT2D eigenvalue weighted by Crippen LogP contribution is -1.93. The predicted molar refractivity (Wildman–Crippen MR) is 124 cm³/mol. The highest BCUT2D eigenvalue weighted by molar-refractivity contribution is 5.84. The summed E-state index contributed by atoms with van der Waals surface area (Å²) in [5, 5.41) is 1.69. The van der Waals surface area contributed by atoms with E-state index in [0.29, 0.717) is 17.7 Å². The van der Waals surface area contributed by atoms with E-state index >= 15 is 0 Å². The smallest absolute Gasteiger partial charge is 0.140 e. The van der Waals surface area contributed by atoms with Crippen molar-refractivity contribution in [2.24, 2.45) is 0 Å². The Morgan fingerprint density at radius 2 is 1.28 bits per heavy atom. The summed E-state index contributed by atoms with van der Waals surface area (Å²) in [5.41, 5.74) is 3.68. The van der Waals surface area contributed by atoms with Crippen LogP contribution in [0.1, 0.15) is 27.8 Å². The molecule has 3 heteroatoms. The molecule has 0 radical (unpaired) electrons. The first-order chi connectivity index (χ1) is 15.6.